The monoisotopic (exact) mass is 387 g/mol. The number of hydrogen-bond acceptors (Lipinski definition) is 3. The van der Waals surface area contributed by atoms with Crippen LogP contribution in [0.2, 0.25) is 0 Å². The molecule has 1 aromatic carbocycles. The molecule has 2 aromatic rings. The molecule has 0 aliphatic heterocycles. The van der Waals surface area contributed by atoms with Gasteiger partial charge in [-0.2, -0.15) is 0 Å². The summed E-state index contributed by atoms with van der Waals surface area (Å²) >= 11 is 6.84. The predicted octanol–water partition coefficient (Wildman–Crippen LogP) is 3.44. The van der Waals surface area contributed by atoms with Crippen molar-refractivity contribution in [3.05, 3.63) is 38.8 Å². The van der Waals surface area contributed by atoms with Gasteiger partial charge in [-0.1, -0.05) is 22.9 Å². The summed E-state index contributed by atoms with van der Waals surface area (Å²) in [5.74, 6) is -0.670. The van der Waals surface area contributed by atoms with E-state index in [2.05, 4.69) is 41.9 Å². The van der Waals surface area contributed by atoms with Crippen molar-refractivity contribution < 1.29 is 9.90 Å². The van der Waals surface area contributed by atoms with Gasteiger partial charge in [0.25, 0.3) is 5.82 Å². The van der Waals surface area contributed by atoms with Crippen LogP contribution in [0.25, 0.3) is 5.69 Å². The number of hydrogen-bond donors (Lipinski definition) is 1. The lowest BCUT2D eigenvalue weighted by Gasteiger charge is -2.07. The van der Waals surface area contributed by atoms with Crippen LogP contribution in [0.1, 0.15) is 29.8 Å². The van der Waals surface area contributed by atoms with Crippen molar-refractivity contribution in [2.24, 2.45) is 0 Å². The summed E-state index contributed by atoms with van der Waals surface area (Å²) < 4.78 is 3.29. The zero-order valence-corrected chi connectivity index (χ0v) is 13.3. The molecule has 0 saturated heterocycles. The minimum atomic E-state index is -1.12. The van der Waals surface area contributed by atoms with Gasteiger partial charge in [0.1, 0.15) is 5.82 Å². The molecule has 5 nitrogen and oxygen atoms in total. The Morgan fingerprint density at radius 1 is 1.42 bits per heavy atom. The van der Waals surface area contributed by atoms with Crippen LogP contribution >= 0.6 is 31.9 Å². The Morgan fingerprint density at radius 3 is 2.79 bits per heavy atom. The maximum Gasteiger partial charge on any atom is 0.375 e. The molecule has 7 heteroatoms. The Morgan fingerprint density at radius 2 is 2.16 bits per heavy atom. The highest BCUT2D eigenvalue weighted by Crippen LogP contribution is 2.25. The van der Waals surface area contributed by atoms with Crippen LogP contribution in [0.5, 0.6) is 0 Å². The minimum Gasteiger partial charge on any atom is -0.475 e. The number of aryl methyl sites for hydroxylation is 1. The zero-order chi connectivity index (χ0) is 14.0. The van der Waals surface area contributed by atoms with Gasteiger partial charge < -0.3 is 5.11 Å². The van der Waals surface area contributed by atoms with Crippen LogP contribution in [0, 0.1) is 0 Å². The van der Waals surface area contributed by atoms with Crippen LogP contribution in [0.4, 0.5) is 0 Å². The first-order valence-electron chi connectivity index (χ1n) is 5.67. The van der Waals surface area contributed by atoms with Crippen molar-refractivity contribution in [2.45, 2.75) is 19.8 Å². The van der Waals surface area contributed by atoms with Gasteiger partial charge in [-0.15, -0.1) is 5.10 Å². The standard InChI is InChI=1S/C12H11Br2N3O2/c1-2-3-10-15-11(12(18)19)16-17(10)9-6-7(13)4-5-8(9)14/h4-6H,2-3H2,1H3,(H,18,19). The first-order chi connectivity index (χ1) is 9.02. The fourth-order valence-corrected chi connectivity index (χ4v) is 2.43. The molecular formula is C12H11Br2N3O2. The van der Waals surface area contributed by atoms with Gasteiger partial charge in [-0.05, 0) is 40.5 Å². The molecule has 0 amide bonds. The number of nitrogens with zero attached hydrogens (tertiary/aromatic N) is 3. The predicted molar refractivity (Wildman–Crippen MR) is 77.7 cm³/mol. The highest BCUT2D eigenvalue weighted by Gasteiger charge is 2.17. The molecule has 0 saturated carbocycles. The lowest BCUT2D eigenvalue weighted by molar-refractivity contribution is 0.0683. The molecule has 19 heavy (non-hydrogen) atoms. The van der Waals surface area contributed by atoms with E-state index < -0.39 is 5.97 Å². The molecule has 0 unspecified atom stereocenters. The molecule has 0 fully saturated rings. The normalized spacial score (nSPS) is 10.7. The van der Waals surface area contributed by atoms with Crippen molar-refractivity contribution in [3.8, 4) is 5.69 Å². The molecule has 100 valence electrons. The molecule has 1 heterocycles. The summed E-state index contributed by atoms with van der Waals surface area (Å²) in [6, 6.07) is 5.63. The fourth-order valence-electron chi connectivity index (χ4n) is 1.66. The average molecular weight is 389 g/mol. The van der Waals surface area contributed by atoms with E-state index in [1.54, 1.807) is 4.68 Å². The van der Waals surface area contributed by atoms with Gasteiger partial charge in [0.2, 0.25) is 0 Å². The van der Waals surface area contributed by atoms with E-state index in [9.17, 15) is 4.79 Å². The van der Waals surface area contributed by atoms with Gasteiger partial charge >= 0.3 is 5.97 Å². The van der Waals surface area contributed by atoms with Crippen molar-refractivity contribution in [2.75, 3.05) is 0 Å². The summed E-state index contributed by atoms with van der Waals surface area (Å²) in [6.07, 6.45) is 1.53. The van der Waals surface area contributed by atoms with Crippen molar-refractivity contribution in [1.29, 1.82) is 0 Å². The van der Waals surface area contributed by atoms with Gasteiger partial charge in [-0.3, -0.25) is 0 Å². The van der Waals surface area contributed by atoms with Gasteiger partial charge in [-0.25, -0.2) is 14.5 Å². The van der Waals surface area contributed by atoms with Crippen LogP contribution in [-0.2, 0) is 6.42 Å². The first kappa shape index (κ1) is 14.2. The lowest BCUT2D eigenvalue weighted by atomic mass is 10.3. The topological polar surface area (TPSA) is 68.0 Å². The van der Waals surface area contributed by atoms with E-state index in [0.717, 1.165) is 21.1 Å². The number of benzene rings is 1. The third kappa shape index (κ3) is 3.03. The molecule has 0 aliphatic carbocycles. The Bertz CT molecular complexity index is 625. The van der Waals surface area contributed by atoms with E-state index in [1.165, 1.54) is 0 Å². The maximum atomic E-state index is 11.0. The summed E-state index contributed by atoms with van der Waals surface area (Å²) in [5, 5.41) is 13.1. The molecular weight excluding hydrogens is 378 g/mol. The highest BCUT2D eigenvalue weighted by molar-refractivity contribution is 9.11. The Kier molecular flexibility index (Phi) is 4.36. The number of carboxylic acid groups (broad SMARTS) is 1. The second kappa shape index (κ2) is 5.83. The second-order valence-electron chi connectivity index (χ2n) is 3.91. The Hall–Kier alpha value is -1.21. The largest absolute Gasteiger partial charge is 0.475 e. The number of aromatic carboxylic acids is 1. The summed E-state index contributed by atoms with van der Waals surface area (Å²) in [7, 11) is 0. The molecule has 2 rings (SSSR count). The average Bonchev–Trinajstić information content (AvgIpc) is 2.77. The quantitative estimate of drug-likeness (QED) is 0.870. The molecule has 0 aliphatic rings. The number of halogens is 2. The van der Waals surface area contributed by atoms with Gasteiger partial charge in [0.15, 0.2) is 0 Å². The fraction of sp³-hybridized carbons (Fsp3) is 0.250. The number of carboxylic acids is 1. The number of aromatic nitrogens is 3. The highest BCUT2D eigenvalue weighted by atomic mass is 79.9. The molecule has 0 spiro atoms. The van der Waals surface area contributed by atoms with Crippen LogP contribution in [-0.4, -0.2) is 25.8 Å². The summed E-state index contributed by atoms with van der Waals surface area (Å²) in [4.78, 5) is 15.1. The third-order valence-corrected chi connectivity index (χ3v) is 3.64. The van der Waals surface area contributed by atoms with Crippen LogP contribution < -0.4 is 0 Å². The lowest BCUT2D eigenvalue weighted by Crippen LogP contribution is -2.04. The SMILES string of the molecule is CCCc1nc(C(=O)O)nn1-c1cc(Br)ccc1Br. The molecule has 0 radical (unpaired) electrons. The van der Waals surface area contributed by atoms with Crippen LogP contribution in [0.3, 0.4) is 0 Å². The van der Waals surface area contributed by atoms with E-state index in [4.69, 9.17) is 5.11 Å². The van der Waals surface area contributed by atoms with Crippen LogP contribution in [0.15, 0.2) is 27.1 Å². The van der Waals surface area contributed by atoms with E-state index in [0.29, 0.717) is 12.2 Å². The zero-order valence-electron chi connectivity index (χ0n) is 10.1. The van der Waals surface area contributed by atoms with Gasteiger partial charge in [0.05, 0.1) is 5.69 Å². The summed E-state index contributed by atoms with van der Waals surface area (Å²) in [5.41, 5.74) is 0.762. The Labute approximate surface area is 126 Å². The van der Waals surface area contributed by atoms with Crippen molar-refractivity contribution >= 4 is 37.8 Å². The third-order valence-electron chi connectivity index (χ3n) is 2.48. The minimum absolute atomic E-state index is 0.185. The van der Waals surface area contributed by atoms with E-state index >= 15 is 0 Å². The molecule has 0 atom stereocenters. The Balaban J connectivity index is 2.59. The number of rotatable bonds is 4. The van der Waals surface area contributed by atoms with E-state index in [-0.39, 0.29) is 5.82 Å². The summed E-state index contributed by atoms with van der Waals surface area (Å²) in [6.45, 7) is 2.01. The first-order valence-corrected chi connectivity index (χ1v) is 7.26. The van der Waals surface area contributed by atoms with E-state index in [1.807, 2.05) is 25.1 Å². The number of carbonyl (C=O) groups is 1. The van der Waals surface area contributed by atoms with Gasteiger partial charge in [0, 0.05) is 15.4 Å². The molecule has 1 N–H and O–H groups in total. The smallest absolute Gasteiger partial charge is 0.375 e. The van der Waals surface area contributed by atoms with Crippen molar-refractivity contribution in [1.82, 2.24) is 14.8 Å². The van der Waals surface area contributed by atoms with Crippen molar-refractivity contribution in [3.63, 3.8) is 0 Å². The second-order valence-corrected chi connectivity index (χ2v) is 5.68. The molecule has 1 aromatic heterocycles. The molecule has 0 bridgehead atoms. The maximum absolute atomic E-state index is 11.0.